The molecule has 19 heavy (non-hydrogen) atoms. The molecule has 1 amide bonds. The highest BCUT2D eigenvalue weighted by atomic mass is 16.1. The van der Waals surface area contributed by atoms with E-state index in [4.69, 9.17) is 6.42 Å². The summed E-state index contributed by atoms with van der Waals surface area (Å²) in [7, 11) is 0. The highest BCUT2D eigenvalue weighted by Crippen LogP contribution is 2.15. The van der Waals surface area contributed by atoms with E-state index >= 15 is 0 Å². The van der Waals surface area contributed by atoms with Crippen molar-refractivity contribution in [1.29, 1.82) is 0 Å². The second-order valence-corrected chi connectivity index (χ2v) is 4.05. The Balaban J connectivity index is 2.22. The number of para-hydroxylation sites is 2. The van der Waals surface area contributed by atoms with E-state index in [1.54, 1.807) is 0 Å². The summed E-state index contributed by atoms with van der Waals surface area (Å²) in [4.78, 5) is 15.6. The summed E-state index contributed by atoms with van der Waals surface area (Å²) in [6.45, 7) is 4.40. The average Bonchev–Trinajstić information content (AvgIpc) is 2.77. The van der Waals surface area contributed by atoms with Crippen molar-refractivity contribution in [3.63, 3.8) is 0 Å². The van der Waals surface area contributed by atoms with E-state index in [1.807, 2.05) is 28.8 Å². The van der Waals surface area contributed by atoms with Crippen LogP contribution < -0.4 is 5.32 Å². The van der Waals surface area contributed by atoms with Crippen LogP contribution in [0.5, 0.6) is 0 Å². The zero-order chi connectivity index (χ0) is 13.7. The molecule has 0 aliphatic carbocycles. The minimum absolute atomic E-state index is 0.181. The van der Waals surface area contributed by atoms with Gasteiger partial charge in [0.25, 0.3) is 0 Å². The maximum Gasteiger partial charge on any atom is 0.243 e. The van der Waals surface area contributed by atoms with Gasteiger partial charge in [0.05, 0.1) is 17.6 Å². The quantitative estimate of drug-likeness (QED) is 0.648. The van der Waals surface area contributed by atoms with Gasteiger partial charge in [0, 0.05) is 13.0 Å². The molecule has 96 valence electrons. The fraction of sp³-hybridized carbons (Fsp3) is 0.200. The smallest absolute Gasteiger partial charge is 0.243 e. The number of amides is 1. The number of aromatic nitrogens is 2. The molecule has 2 rings (SSSR count). The Hall–Kier alpha value is -2.54. The number of nitrogens with one attached hydrogen (secondary N) is 1. The van der Waals surface area contributed by atoms with Gasteiger partial charge in [-0.05, 0) is 18.2 Å². The van der Waals surface area contributed by atoms with Gasteiger partial charge in [-0.15, -0.1) is 6.42 Å². The topological polar surface area (TPSA) is 46.9 Å². The van der Waals surface area contributed by atoms with E-state index in [0.29, 0.717) is 19.5 Å². The number of hydrogen-bond acceptors (Lipinski definition) is 2. The molecule has 1 N–H and O–H groups in total. The van der Waals surface area contributed by atoms with E-state index in [-0.39, 0.29) is 5.91 Å². The maximum atomic E-state index is 11.1. The van der Waals surface area contributed by atoms with Crippen molar-refractivity contribution >= 4 is 16.9 Å². The van der Waals surface area contributed by atoms with E-state index < -0.39 is 0 Å². The molecule has 0 saturated carbocycles. The number of fused-ring (bicyclic) bond motifs is 1. The predicted molar refractivity (Wildman–Crippen MR) is 75.5 cm³/mol. The Morgan fingerprint density at radius 2 is 2.32 bits per heavy atom. The molecule has 0 saturated heterocycles. The molecule has 0 radical (unpaired) electrons. The van der Waals surface area contributed by atoms with Crippen LogP contribution >= 0.6 is 0 Å². The molecule has 0 aliphatic rings. The highest BCUT2D eigenvalue weighted by molar-refractivity contribution is 5.86. The van der Waals surface area contributed by atoms with Crippen molar-refractivity contribution < 1.29 is 4.79 Å². The Morgan fingerprint density at radius 1 is 1.53 bits per heavy atom. The van der Waals surface area contributed by atoms with Gasteiger partial charge in [-0.25, -0.2) is 4.98 Å². The lowest BCUT2D eigenvalue weighted by Gasteiger charge is -2.05. The van der Waals surface area contributed by atoms with E-state index in [0.717, 1.165) is 16.9 Å². The van der Waals surface area contributed by atoms with Crippen molar-refractivity contribution in [2.24, 2.45) is 0 Å². The number of imidazole rings is 1. The Kier molecular flexibility index (Phi) is 3.99. The van der Waals surface area contributed by atoms with Crippen molar-refractivity contribution in [3.8, 4) is 12.3 Å². The zero-order valence-corrected chi connectivity index (χ0v) is 10.6. The van der Waals surface area contributed by atoms with Gasteiger partial charge in [0.15, 0.2) is 0 Å². The van der Waals surface area contributed by atoms with E-state index in [9.17, 15) is 4.79 Å². The van der Waals surface area contributed by atoms with Crippen LogP contribution in [-0.2, 0) is 17.8 Å². The molecule has 0 unspecified atom stereocenters. The molecule has 0 bridgehead atoms. The Labute approximate surface area is 112 Å². The number of carbonyl (C=O) groups is 1. The van der Waals surface area contributed by atoms with Gasteiger partial charge in [0.2, 0.25) is 5.91 Å². The molecule has 4 nitrogen and oxygen atoms in total. The molecule has 1 aromatic heterocycles. The molecule has 0 fully saturated rings. The van der Waals surface area contributed by atoms with Crippen molar-refractivity contribution in [1.82, 2.24) is 14.9 Å². The molecule has 4 heteroatoms. The van der Waals surface area contributed by atoms with E-state index in [1.165, 1.54) is 6.08 Å². The van der Waals surface area contributed by atoms with E-state index in [2.05, 4.69) is 22.8 Å². The third-order valence-electron chi connectivity index (χ3n) is 2.82. The number of hydrogen-bond donors (Lipinski definition) is 1. The fourth-order valence-corrected chi connectivity index (χ4v) is 1.95. The summed E-state index contributed by atoms with van der Waals surface area (Å²) >= 11 is 0. The standard InChI is InChI=1S/C15H15N3O/c1-3-11-18-13-8-6-5-7-12(13)17-14(18)9-10-16-15(19)4-2/h1,4-8H,2,9-11H2,(H,16,19). The van der Waals surface area contributed by atoms with Crippen LogP contribution in [0.1, 0.15) is 5.82 Å². The summed E-state index contributed by atoms with van der Waals surface area (Å²) in [6, 6.07) is 7.85. The predicted octanol–water partition coefficient (Wildman–Crippen LogP) is 1.51. The van der Waals surface area contributed by atoms with Crippen LogP contribution in [-0.4, -0.2) is 22.0 Å². The SMILES string of the molecule is C#CCn1c(CCNC(=O)C=C)nc2ccccc21. The third kappa shape index (κ3) is 2.83. The molecular weight excluding hydrogens is 238 g/mol. The fourth-order valence-electron chi connectivity index (χ4n) is 1.95. The molecule has 0 spiro atoms. The minimum atomic E-state index is -0.181. The van der Waals surface area contributed by atoms with Gasteiger partial charge >= 0.3 is 0 Å². The lowest BCUT2D eigenvalue weighted by Crippen LogP contribution is -2.24. The maximum absolute atomic E-state index is 11.1. The first-order valence-electron chi connectivity index (χ1n) is 6.04. The van der Waals surface area contributed by atoms with Crippen LogP contribution in [0.2, 0.25) is 0 Å². The van der Waals surface area contributed by atoms with Gasteiger partial charge in [-0.2, -0.15) is 0 Å². The van der Waals surface area contributed by atoms with Crippen molar-refractivity contribution in [3.05, 3.63) is 42.7 Å². The third-order valence-corrected chi connectivity index (χ3v) is 2.82. The number of rotatable bonds is 5. The highest BCUT2D eigenvalue weighted by Gasteiger charge is 2.09. The van der Waals surface area contributed by atoms with Gasteiger partial charge in [-0.1, -0.05) is 24.6 Å². The Morgan fingerprint density at radius 3 is 3.05 bits per heavy atom. The number of nitrogens with zero attached hydrogens (tertiary/aromatic N) is 2. The average molecular weight is 253 g/mol. The van der Waals surface area contributed by atoms with Gasteiger partial charge in [0.1, 0.15) is 5.82 Å². The lowest BCUT2D eigenvalue weighted by molar-refractivity contribution is -0.116. The second kappa shape index (κ2) is 5.87. The lowest BCUT2D eigenvalue weighted by atomic mass is 10.3. The first-order chi connectivity index (χ1) is 9.26. The number of terminal acetylenes is 1. The van der Waals surface area contributed by atoms with Crippen LogP contribution in [0.4, 0.5) is 0 Å². The van der Waals surface area contributed by atoms with Gasteiger partial charge in [-0.3, -0.25) is 4.79 Å². The summed E-state index contributed by atoms with van der Waals surface area (Å²) in [5.41, 5.74) is 1.94. The Bertz CT molecular complexity index is 649. The summed E-state index contributed by atoms with van der Waals surface area (Å²) in [6.07, 6.45) is 7.29. The zero-order valence-electron chi connectivity index (χ0n) is 10.6. The summed E-state index contributed by atoms with van der Waals surface area (Å²) in [5, 5.41) is 2.73. The van der Waals surface area contributed by atoms with Crippen LogP contribution in [0.25, 0.3) is 11.0 Å². The summed E-state index contributed by atoms with van der Waals surface area (Å²) < 4.78 is 2.00. The van der Waals surface area contributed by atoms with Crippen molar-refractivity contribution in [2.45, 2.75) is 13.0 Å². The normalized spacial score (nSPS) is 10.1. The second-order valence-electron chi connectivity index (χ2n) is 4.05. The largest absolute Gasteiger partial charge is 0.352 e. The van der Waals surface area contributed by atoms with Crippen LogP contribution in [0, 0.1) is 12.3 Å². The molecule has 1 heterocycles. The van der Waals surface area contributed by atoms with Crippen molar-refractivity contribution in [2.75, 3.05) is 6.54 Å². The summed E-state index contributed by atoms with van der Waals surface area (Å²) in [5.74, 6) is 3.33. The molecular formula is C15H15N3O. The first-order valence-corrected chi connectivity index (χ1v) is 6.04. The molecule has 2 aromatic rings. The monoisotopic (exact) mass is 253 g/mol. The van der Waals surface area contributed by atoms with Crippen LogP contribution in [0.15, 0.2) is 36.9 Å². The molecule has 0 aliphatic heterocycles. The first kappa shape index (κ1) is 12.9. The molecule has 0 atom stereocenters. The van der Waals surface area contributed by atoms with Gasteiger partial charge < -0.3 is 9.88 Å². The minimum Gasteiger partial charge on any atom is -0.352 e. The molecule has 1 aromatic carbocycles. The number of carbonyl (C=O) groups excluding carboxylic acids is 1. The van der Waals surface area contributed by atoms with Crippen LogP contribution in [0.3, 0.4) is 0 Å². The number of benzene rings is 1.